The van der Waals surface area contributed by atoms with E-state index in [4.69, 9.17) is 15.6 Å². The molecular formula is C11H6N4O4. The second kappa shape index (κ2) is 5.80. The van der Waals surface area contributed by atoms with E-state index in [0.717, 1.165) is 24.4 Å². The van der Waals surface area contributed by atoms with Crippen LogP contribution in [-0.4, -0.2) is 16.0 Å². The van der Waals surface area contributed by atoms with E-state index < -0.39 is 10.9 Å². The first-order chi connectivity index (χ1) is 8.99. The highest BCUT2D eigenvalue weighted by atomic mass is 16.6. The lowest BCUT2D eigenvalue weighted by atomic mass is 10.1. The molecule has 0 spiro atoms. The maximum atomic E-state index is 10.9. The van der Waals surface area contributed by atoms with Gasteiger partial charge in [0, 0.05) is 18.3 Å². The van der Waals surface area contributed by atoms with Crippen molar-refractivity contribution in [2.75, 3.05) is 5.32 Å². The van der Waals surface area contributed by atoms with Gasteiger partial charge < -0.3 is 10.4 Å². The Bertz CT molecular complexity index is 636. The van der Waals surface area contributed by atoms with Gasteiger partial charge in [-0.25, -0.2) is 4.79 Å². The Morgan fingerprint density at radius 3 is 2.53 bits per heavy atom. The molecule has 1 aromatic rings. The highest BCUT2D eigenvalue weighted by Gasteiger charge is 2.14. The predicted molar refractivity (Wildman–Crippen MR) is 63.0 cm³/mol. The van der Waals surface area contributed by atoms with Gasteiger partial charge in [0.05, 0.1) is 16.2 Å². The fraction of sp³-hybridized carbons (Fsp3) is 0. The van der Waals surface area contributed by atoms with E-state index in [1.54, 1.807) is 12.1 Å². The lowest BCUT2D eigenvalue weighted by molar-refractivity contribution is -0.384. The molecule has 0 aliphatic carbocycles. The van der Waals surface area contributed by atoms with Crippen LogP contribution in [0.2, 0.25) is 0 Å². The quantitative estimate of drug-likeness (QED) is 0.475. The number of carboxylic acid groups (broad SMARTS) is 1. The number of hydrogen-bond donors (Lipinski definition) is 2. The molecule has 8 nitrogen and oxygen atoms in total. The number of allylic oxidation sites excluding steroid dienone is 1. The first kappa shape index (κ1) is 13.7. The SMILES string of the molecule is N#CC(C#N)=CNc1cc([N+](=O)[O-])ccc1C(=O)O. The van der Waals surface area contributed by atoms with Crippen molar-refractivity contribution in [1.29, 1.82) is 10.5 Å². The lowest BCUT2D eigenvalue weighted by Crippen LogP contribution is -2.03. The molecule has 0 aromatic heterocycles. The number of non-ortho nitro benzene ring substituents is 1. The van der Waals surface area contributed by atoms with Crippen LogP contribution in [-0.2, 0) is 0 Å². The molecule has 0 radical (unpaired) electrons. The minimum Gasteiger partial charge on any atom is -0.478 e. The third kappa shape index (κ3) is 3.28. The first-order valence-electron chi connectivity index (χ1n) is 4.78. The van der Waals surface area contributed by atoms with Gasteiger partial charge in [0.2, 0.25) is 0 Å². The summed E-state index contributed by atoms with van der Waals surface area (Å²) in [4.78, 5) is 20.8. The Morgan fingerprint density at radius 1 is 1.42 bits per heavy atom. The third-order valence-corrected chi connectivity index (χ3v) is 2.06. The predicted octanol–water partition coefficient (Wildman–Crippen LogP) is 1.64. The first-order valence-corrected chi connectivity index (χ1v) is 4.78. The van der Waals surface area contributed by atoms with Crippen LogP contribution < -0.4 is 5.32 Å². The number of benzene rings is 1. The average Bonchev–Trinajstić information content (AvgIpc) is 2.39. The number of carboxylic acids is 1. The number of nitrogens with one attached hydrogen (secondary N) is 1. The second-order valence-electron chi connectivity index (χ2n) is 3.22. The summed E-state index contributed by atoms with van der Waals surface area (Å²) in [5.74, 6) is -1.29. The summed E-state index contributed by atoms with van der Waals surface area (Å²) >= 11 is 0. The molecule has 8 heteroatoms. The van der Waals surface area contributed by atoms with E-state index in [-0.39, 0.29) is 22.5 Å². The molecule has 0 unspecified atom stereocenters. The second-order valence-corrected chi connectivity index (χ2v) is 3.22. The number of hydrogen-bond acceptors (Lipinski definition) is 6. The number of anilines is 1. The summed E-state index contributed by atoms with van der Waals surface area (Å²) < 4.78 is 0. The van der Waals surface area contributed by atoms with Crippen LogP contribution in [0.3, 0.4) is 0 Å². The van der Waals surface area contributed by atoms with Gasteiger partial charge in [-0.05, 0) is 6.07 Å². The molecule has 1 rings (SSSR count). The largest absolute Gasteiger partial charge is 0.478 e. The Hall–Kier alpha value is -3.39. The molecular weight excluding hydrogens is 252 g/mol. The summed E-state index contributed by atoms with van der Waals surface area (Å²) in [5.41, 5.74) is -0.888. The highest BCUT2D eigenvalue weighted by Crippen LogP contribution is 2.22. The fourth-order valence-electron chi connectivity index (χ4n) is 1.19. The van der Waals surface area contributed by atoms with Crippen molar-refractivity contribution >= 4 is 17.3 Å². The number of nitro groups is 1. The zero-order valence-electron chi connectivity index (χ0n) is 9.32. The van der Waals surface area contributed by atoms with Crippen LogP contribution in [0.15, 0.2) is 30.0 Å². The minimum absolute atomic E-state index is 0.0790. The summed E-state index contributed by atoms with van der Waals surface area (Å²) in [5, 5.41) is 38.9. The van der Waals surface area contributed by atoms with Crippen LogP contribution in [0.25, 0.3) is 0 Å². The van der Waals surface area contributed by atoms with Crippen LogP contribution >= 0.6 is 0 Å². The summed E-state index contributed by atoms with van der Waals surface area (Å²) in [6, 6.07) is 6.25. The van der Waals surface area contributed by atoms with Gasteiger partial charge in [0.15, 0.2) is 0 Å². The molecule has 0 aliphatic heterocycles. The van der Waals surface area contributed by atoms with E-state index in [1.807, 2.05) is 0 Å². The Balaban J connectivity index is 3.24. The van der Waals surface area contributed by atoms with Crippen molar-refractivity contribution in [2.45, 2.75) is 0 Å². The van der Waals surface area contributed by atoms with Gasteiger partial charge in [0.1, 0.15) is 17.7 Å². The van der Waals surface area contributed by atoms with E-state index in [9.17, 15) is 14.9 Å². The lowest BCUT2D eigenvalue weighted by Gasteiger charge is -2.05. The number of nitro benzene ring substituents is 1. The molecule has 0 amide bonds. The van der Waals surface area contributed by atoms with Crippen molar-refractivity contribution in [3.8, 4) is 12.1 Å². The van der Waals surface area contributed by atoms with E-state index in [2.05, 4.69) is 5.32 Å². The number of aromatic carboxylic acids is 1. The van der Waals surface area contributed by atoms with Crippen molar-refractivity contribution in [2.24, 2.45) is 0 Å². The van der Waals surface area contributed by atoms with E-state index >= 15 is 0 Å². The Labute approximate surface area is 107 Å². The Morgan fingerprint density at radius 2 is 2.05 bits per heavy atom. The van der Waals surface area contributed by atoms with Crippen molar-refractivity contribution in [1.82, 2.24) is 0 Å². The van der Waals surface area contributed by atoms with Crippen molar-refractivity contribution in [3.63, 3.8) is 0 Å². The molecule has 0 saturated heterocycles. The molecule has 0 atom stereocenters. The van der Waals surface area contributed by atoms with Gasteiger partial charge in [-0.15, -0.1) is 0 Å². The van der Waals surface area contributed by atoms with E-state index in [0.29, 0.717) is 0 Å². The number of nitriles is 2. The minimum atomic E-state index is -1.29. The summed E-state index contributed by atoms with van der Waals surface area (Å²) in [6.07, 6.45) is 0.978. The van der Waals surface area contributed by atoms with Crippen LogP contribution in [0.1, 0.15) is 10.4 Å². The van der Waals surface area contributed by atoms with Gasteiger partial charge in [-0.1, -0.05) is 0 Å². The Kier molecular flexibility index (Phi) is 4.17. The highest BCUT2D eigenvalue weighted by molar-refractivity contribution is 5.95. The number of rotatable bonds is 4. The van der Waals surface area contributed by atoms with Crippen LogP contribution in [0, 0.1) is 32.8 Å². The van der Waals surface area contributed by atoms with Gasteiger partial charge in [0.25, 0.3) is 5.69 Å². The molecule has 19 heavy (non-hydrogen) atoms. The molecule has 2 N–H and O–H groups in total. The monoisotopic (exact) mass is 258 g/mol. The number of nitrogens with zero attached hydrogens (tertiary/aromatic N) is 3. The molecule has 94 valence electrons. The maximum absolute atomic E-state index is 10.9. The number of carbonyl (C=O) groups is 1. The molecule has 0 aliphatic rings. The molecule has 0 bridgehead atoms. The molecule has 0 fully saturated rings. The van der Waals surface area contributed by atoms with Crippen LogP contribution in [0.5, 0.6) is 0 Å². The standard InChI is InChI=1S/C11H6N4O4/c12-4-7(5-13)6-14-10-3-8(15(18)19)1-2-9(10)11(16)17/h1-3,6,14H,(H,16,17). The molecule has 0 saturated carbocycles. The normalized spacial score (nSPS) is 8.74. The topological polar surface area (TPSA) is 140 Å². The summed E-state index contributed by atoms with van der Waals surface area (Å²) in [7, 11) is 0. The van der Waals surface area contributed by atoms with Crippen molar-refractivity contribution < 1.29 is 14.8 Å². The molecule has 0 heterocycles. The molecule has 1 aromatic carbocycles. The average molecular weight is 258 g/mol. The van der Waals surface area contributed by atoms with E-state index in [1.165, 1.54) is 0 Å². The van der Waals surface area contributed by atoms with Gasteiger partial charge in [-0.2, -0.15) is 10.5 Å². The van der Waals surface area contributed by atoms with Gasteiger partial charge in [-0.3, -0.25) is 10.1 Å². The van der Waals surface area contributed by atoms with Crippen LogP contribution in [0.4, 0.5) is 11.4 Å². The summed E-state index contributed by atoms with van der Waals surface area (Å²) in [6.45, 7) is 0. The zero-order valence-corrected chi connectivity index (χ0v) is 9.32. The van der Waals surface area contributed by atoms with Crippen molar-refractivity contribution in [3.05, 3.63) is 45.6 Å². The maximum Gasteiger partial charge on any atom is 0.337 e. The third-order valence-electron chi connectivity index (χ3n) is 2.06. The van der Waals surface area contributed by atoms with Gasteiger partial charge >= 0.3 is 5.97 Å². The smallest absolute Gasteiger partial charge is 0.337 e. The fourth-order valence-corrected chi connectivity index (χ4v) is 1.19. The zero-order chi connectivity index (χ0) is 14.4.